The van der Waals surface area contributed by atoms with Gasteiger partial charge in [0.2, 0.25) is 0 Å². The van der Waals surface area contributed by atoms with E-state index < -0.39 is 0 Å². The Bertz CT molecular complexity index is 324. The van der Waals surface area contributed by atoms with Gasteiger partial charge in [-0.25, -0.2) is 0 Å². The molecule has 1 saturated carbocycles. The van der Waals surface area contributed by atoms with Crippen molar-refractivity contribution in [1.29, 1.82) is 0 Å². The summed E-state index contributed by atoms with van der Waals surface area (Å²) in [4.78, 5) is 2.57. The van der Waals surface area contributed by atoms with Crippen LogP contribution in [0.2, 0.25) is 0 Å². The highest BCUT2D eigenvalue weighted by molar-refractivity contribution is 4.94. The van der Waals surface area contributed by atoms with Crippen molar-refractivity contribution in [3.05, 3.63) is 18.5 Å². The maximum atomic E-state index is 5.45. The van der Waals surface area contributed by atoms with Crippen LogP contribution in [-0.2, 0) is 10.4 Å². The lowest BCUT2D eigenvalue weighted by Crippen LogP contribution is -2.53. The highest BCUT2D eigenvalue weighted by Gasteiger charge is 2.42. The third-order valence-electron chi connectivity index (χ3n) is 3.93. The highest BCUT2D eigenvalue weighted by Crippen LogP contribution is 2.39. The molecule has 3 rings (SSSR count). The standard InChI is InChI=1S/C12H19N3O/c1-2-5-12(4-1,15-7-3-6-13-15)14-8-10-16-11-9-14/h3,6-7H,1-2,4-5,8-11H2. The van der Waals surface area contributed by atoms with Gasteiger partial charge < -0.3 is 4.74 Å². The van der Waals surface area contributed by atoms with Gasteiger partial charge in [-0.2, -0.15) is 5.10 Å². The summed E-state index contributed by atoms with van der Waals surface area (Å²) in [7, 11) is 0. The Hall–Kier alpha value is -0.870. The SMILES string of the molecule is c1cnn(C2(N3CCOCC3)CCCC2)c1. The molecule has 0 unspecified atom stereocenters. The molecule has 0 radical (unpaired) electrons. The van der Waals surface area contributed by atoms with E-state index >= 15 is 0 Å². The third kappa shape index (κ3) is 1.57. The molecule has 2 aliphatic rings. The summed E-state index contributed by atoms with van der Waals surface area (Å²) in [6.07, 6.45) is 9.10. The first-order valence-corrected chi connectivity index (χ1v) is 6.25. The minimum atomic E-state index is 0.146. The molecule has 0 amide bonds. The summed E-state index contributed by atoms with van der Waals surface area (Å²) in [5, 5.41) is 4.48. The summed E-state index contributed by atoms with van der Waals surface area (Å²) in [6, 6.07) is 2.03. The van der Waals surface area contributed by atoms with Gasteiger partial charge in [-0.1, -0.05) is 0 Å². The van der Waals surface area contributed by atoms with Crippen molar-refractivity contribution in [1.82, 2.24) is 14.7 Å². The molecule has 4 heteroatoms. The van der Waals surface area contributed by atoms with Crippen LogP contribution in [-0.4, -0.2) is 41.0 Å². The van der Waals surface area contributed by atoms with Crippen LogP contribution < -0.4 is 0 Å². The van der Waals surface area contributed by atoms with Gasteiger partial charge in [0, 0.05) is 25.5 Å². The van der Waals surface area contributed by atoms with E-state index in [1.54, 1.807) is 0 Å². The molecule has 2 fully saturated rings. The van der Waals surface area contributed by atoms with Gasteiger partial charge in [-0.15, -0.1) is 0 Å². The van der Waals surface area contributed by atoms with Crippen LogP contribution in [0.25, 0.3) is 0 Å². The Morgan fingerprint density at radius 2 is 1.88 bits per heavy atom. The molecular formula is C12H19N3O. The fraction of sp³-hybridized carbons (Fsp3) is 0.750. The zero-order valence-corrected chi connectivity index (χ0v) is 9.64. The second kappa shape index (κ2) is 4.18. The second-order valence-corrected chi connectivity index (χ2v) is 4.74. The first-order chi connectivity index (χ1) is 7.92. The lowest BCUT2D eigenvalue weighted by atomic mass is 10.1. The number of nitrogens with zero attached hydrogens (tertiary/aromatic N) is 3. The molecule has 1 aliphatic carbocycles. The lowest BCUT2D eigenvalue weighted by molar-refractivity contribution is -0.0616. The monoisotopic (exact) mass is 221 g/mol. The van der Waals surface area contributed by atoms with Gasteiger partial charge in [-0.3, -0.25) is 9.58 Å². The van der Waals surface area contributed by atoms with Crippen molar-refractivity contribution in [2.24, 2.45) is 0 Å². The van der Waals surface area contributed by atoms with Gasteiger partial charge >= 0.3 is 0 Å². The van der Waals surface area contributed by atoms with Crippen LogP contribution >= 0.6 is 0 Å². The largest absolute Gasteiger partial charge is 0.379 e. The van der Waals surface area contributed by atoms with E-state index in [9.17, 15) is 0 Å². The molecule has 88 valence electrons. The topological polar surface area (TPSA) is 30.3 Å². The zero-order valence-electron chi connectivity index (χ0n) is 9.64. The van der Waals surface area contributed by atoms with Crippen LogP contribution in [0.4, 0.5) is 0 Å². The Kier molecular flexibility index (Phi) is 2.69. The number of hydrogen-bond acceptors (Lipinski definition) is 3. The zero-order chi connectivity index (χ0) is 10.8. The predicted molar refractivity (Wildman–Crippen MR) is 61.1 cm³/mol. The second-order valence-electron chi connectivity index (χ2n) is 4.74. The van der Waals surface area contributed by atoms with Gasteiger partial charge in [0.05, 0.1) is 13.2 Å². The van der Waals surface area contributed by atoms with Crippen molar-refractivity contribution < 1.29 is 4.74 Å². The number of morpholine rings is 1. The summed E-state index contributed by atoms with van der Waals surface area (Å²) in [5.74, 6) is 0. The van der Waals surface area contributed by atoms with E-state index in [-0.39, 0.29) is 5.66 Å². The molecule has 0 aromatic carbocycles. The Balaban J connectivity index is 1.90. The van der Waals surface area contributed by atoms with Crippen LogP contribution in [0.15, 0.2) is 18.5 Å². The summed E-state index contributed by atoms with van der Waals surface area (Å²) < 4.78 is 7.62. The first kappa shape index (κ1) is 10.3. The maximum Gasteiger partial charge on any atom is 0.115 e. The maximum absolute atomic E-state index is 5.45. The summed E-state index contributed by atoms with van der Waals surface area (Å²) in [5.41, 5.74) is 0.146. The quantitative estimate of drug-likeness (QED) is 0.757. The molecule has 0 bridgehead atoms. The van der Waals surface area contributed by atoms with Gasteiger partial charge in [0.25, 0.3) is 0 Å². The Morgan fingerprint density at radius 3 is 2.50 bits per heavy atom. The molecule has 1 aromatic heterocycles. The minimum Gasteiger partial charge on any atom is -0.379 e. The molecule has 1 aliphatic heterocycles. The van der Waals surface area contributed by atoms with E-state index in [1.807, 2.05) is 12.3 Å². The fourth-order valence-electron chi connectivity index (χ4n) is 3.13. The highest BCUT2D eigenvalue weighted by atomic mass is 16.5. The molecule has 0 atom stereocenters. The molecule has 0 N–H and O–H groups in total. The average Bonchev–Trinajstić information content (AvgIpc) is 3.02. The van der Waals surface area contributed by atoms with Crippen molar-refractivity contribution >= 4 is 0 Å². The average molecular weight is 221 g/mol. The minimum absolute atomic E-state index is 0.146. The molecule has 0 spiro atoms. The van der Waals surface area contributed by atoms with Crippen molar-refractivity contribution in [2.75, 3.05) is 26.3 Å². The molecule has 1 aromatic rings. The summed E-state index contributed by atoms with van der Waals surface area (Å²) >= 11 is 0. The number of rotatable bonds is 2. The van der Waals surface area contributed by atoms with E-state index in [4.69, 9.17) is 4.74 Å². The predicted octanol–water partition coefficient (Wildman–Crippen LogP) is 1.44. The van der Waals surface area contributed by atoms with Crippen LogP contribution in [0.3, 0.4) is 0 Å². The molecule has 16 heavy (non-hydrogen) atoms. The van der Waals surface area contributed by atoms with Gasteiger partial charge in [0.1, 0.15) is 5.66 Å². The molecule has 2 heterocycles. The third-order valence-corrected chi connectivity index (χ3v) is 3.93. The van der Waals surface area contributed by atoms with E-state index in [0.717, 1.165) is 26.3 Å². The Labute approximate surface area is 96.2 Å². The van der Waals surface area contributed by atoms with Crippen LogP contribution in [0, 0.1) is 0 Å². The number of aromatic nitrogens is 2. The van der Waals surface area contributed by atoms with Crippen molar-refractivity contribution in [2.45, 2.75) is 31.3 Å². The van der Waals surface area contributed by atoms with Crippen molar-refractivity contribution in [3.63, 3.8) is 0 Å². The first-order valence-electron chi connectivity index (χ1n) is 6.25. The van der Waals surface area contributed by atoms with Crippen LogP contribution in [0.5, 0.6) is 0 Å². The summed E-state index contributed by atoms with van der Waals surface area (Å²) in [6.45, 7) is 3.81. The van der Waals surface area contributed by atoms with E-state index in [0.29, 0.717) is 0 Å². The number of hydrogen-bond donors (Lipinski definition) is 0. The Morgan fingerprint density at radius 1 is 1.12 bits per heavy atom. The smallest absolute Gasteiger partial charge is 0.115 e. The van der Waals surface area contributed by atoms with E-state index in [2.05, 4.69) is 20.9 Å². The van der Waals surface area contributed by atoms with Crippen molar-refractivity contribution in [3.8, 4) is 0 Å². The number of ether oxygens (including phenoxy) is 1. The molecule has 4 nitrogen and oxygen atoms in total. The normalized spacial score (nSPS) is 26.0. The fourth-order valence-corrected chi connectivity index (χ4v) is 3.13. The lowest BCUT2D eigenvalue weighted by Gasteiger charge is -2.43. The van der Waals surface area contributed by atoms with Crippen LogP contribution in [0.1, 0.15) is 25.7 Å². The van der Waals surface area contributed by atoms with Gasteiger partial charge in [0.15, 0.2) is 0 Å². The molecule has 1 saturated heterocycles. The van der Waals surface area contributed by atoms with E-state index in [1.165, 1.54) is 25.7 Å². The van der Waals surface area contributed by atoms with Gasteiger partial charge in [-0.05, 0) is 31.7 Å². The molecular weight excluding hydrogens is 202 g/mol.